The minimum atomic E-state index is -3.51. The summed E-state index contributed by atoms with van der Waals surface area (Å²) in [4.78, 5) is 26.9. The van der Waals surface area contributed by atoms with Crippen molar-refractivity contribution in [3.05, 3.63) is 64.8 Å². The van der Waals surface area contributed by atoms with Crippen molar-refractivity contribution in [2.24, 2.45) is 0 Å². The van der Waals surface area contributed by atoms with Crippen molar-refractivity contribution in [3.8, 4) is 6.01 Å². The van der Waals surface area contributed by atoms with Gasteiger partial charge in [-0.3, -0.25) is 4.79 Å². The summed E-state index contributed by atoms with van der Waals surface area (Å²) >= 11 is 3.28. The van der Waals surface area contributed by atoms with Gasteiger partial charge >= 0.3 is 6.01 Å². The third kappa shape index (κ3) is 5.86. The lowest BCUT2D eigenvalue weighted by Gasteiger charge is -2.31. The number of sulfone groups is 1. The Morgan fingerprint density at radius 1 is 1.18 bits per heavy atom. The normalized spacial score (nSPS) is 14.6. The fourth-order valence-electron chi connectivity index (χ4n) is 3.45. The molecule has 34 heavy (non-hydrogen) atoms. The van der Waals surface area contributed by atoms with Gasteiger partial charge in [0, 0.05) is 38.4 Å². The maximum Gasteiger partial charge on any atom is 0.318 e. The van der Waals surface area contributed by atoms with E-state index in [0.717, 1.165) is 12.3 Å². The van der Waals surface area contributed by atoms with E-state index >= 15 is 0 Å². The van der Waals surface area contributed by atoms with Crippen molar-refractivity contribution in [2.75, 3.05) is 24.7 Å². The molecule has 0 spiro atoms. The van der Waals surface area contributed by atoms with Crippen LogP contribution < -0.4 is 10.1 Å². The van der Waals surface area contributed by atoms with Crippen LogP contribution in [-0.2, 0) is 9.84 Å². The molecule has 1 aliphatic rings. The lowest BCUT2D eigenvalue weighted by atomic mass is 10.1. The van der Waals surface area contributed by atoms with Crippen molar-refractivity contribution in [2.45, 2.75) is 23.8 Å². The van der Waals surface area contributed by atoms with E-state index in [1.165, 1.54) is 18.3 Å². The summed E-state index contributed by atoms with van der Waals surface area (Å²) in [6.07, 6.45) is 3.51. The zero-order valence-electron chi connectivity index (χ0n) is 18.1. The average Bonchev–Trinajstić information content (AvgIpc) is 2.80. The van der Waals surface area contributed by atoms with Gasteiger partial charge in [-0.1, -0.05) is 6.07 Å². The van der Waals surface area contributed by atoms with E-state index in [1.807, 2.05) is 0 Å². The molecule has 0 saturated carbocycles. The predicted molar refractivity (Wildman–Crippen MR) is 126 cm³/mol. The molecule has 0 atom stereocenters. The number of halogens is 2. The number of nitrogens with one attached hydrogen (secondary N) is 1. The molecule has 1 aliphatic heterocycles. The number of piperidine rings is 1. The molecule has 1 fully saturated rings. The van der Waals surface area contributed by atoms with Crippen molar-refractivity contribution in [1.29, 1.82) is 0 Å². The van der Waals surface area contributed by atoms with Crippen LogP contribution in [0.1, 0.15) is 23.3 Å². The number of anilines is 2. The number of carbonyl (C=O) groups is 1. The number of benzene rings is 1. The molecule has 0 radical (unpaired) electrons. The Balaban J connectivity index is 1.36. The van der Waals surface area contributed by atoms with E-state index in [0.29, 0.717) is 42.0 Å². The maximum absolute atomic E-state index is 14.3. The zero-order valence-corrected chi connectivity index (χ0v) is 20.5. The van der Waals surface area contributed by atoms with Crippen molar-refractivity contribution >= 4 is 43.2 Å². The zero-order chi connectivity index (χ0) is 24.3. The van der Waals surface area contributed by atoms with E-state index in [9.17, 15) is 17.6 Å². The summed E-state index contributed by atoms with van der Waals surface area (Å²) in [5, 5.41) is 2.81. The molecule has 0 aliphatic carbocycles. The van der Waals surface area contributed by atoms with Gasteiger partial charge in [0.2, 0.25) is 0 Å². The number of hydrogen-bond acceptors (Lipinski definition) is 8. The fraction of sp³-hybridized carbons (Fsp3) is 0.273. The minimum absolute atomic E-state index is 0.0741. The van der Waals surface area contributed by atoms with Crippen LogP contribution in [0.3, 0.4) is 0 Å². The van der Waals surface area contributed by atoms with Crippen LogP contribution in [-0.4, -0.2) is 59.6 Å². The summed E-state index contributed by atoms with van der Waals surface area (Å²) in [6.45, 7) is 1.01. The summed E-state index contributed by atoms with van der Waals surface area (Å²) < 4.78 is 44.0. The number of amides is 1. The Hall–Kier alpha value is -3.12. The van der Waals surface area contributed by atoms with Gasteiger partial charge in [0.1, 0.15) is 28.0 Å². The van der Waals surface area contributed by atoms with Gasteiger partial charge in [0.05, 0.1) is 10.6 Å². The first kappa shape index (κ1) is 24.0. The van der Waals surface area contributed by atoms with Crippen LogP contribution in [0.2, 0.25) is 0 Å². The Bertz CT molecular complexity index is 1320. The molecule has 0 unspecified atom stereocenters. The smallest absolute Gasteiger partial charge is 0.318 e. The van der Waals surface area contributed by atoms with Gasteiger partial charge in [-0.2, -0.15) is 4.98 Å². The van der Waals surface area contributed by atoms with E-state index < -0.39 is 15.7 Å². The highest BCUT2D eigenvalue weighted by atomic mass is 79.9. The van der Waals surface area contributed by atoms with Gasteiger partial charge in [0.25, 0.3) is 5.91 Å². The first-order chi connectivity index (χ1) is 16.2. The van der Waals surface area contributed by atoms with Crippen LogP contribution >= 0.6 is 15.9 Å². The number of ether oxygens (including phenoxy) is 1. The maximum atomic E-state index is 14.3. The van der Waals surface area contributed by atoms with Gasteiger partial charge in [-0.05, 0) is 52.3 Å². The van der Waals surface area contributed by atoms with Crippen LogP contribution in [0.4, 0.5) is 15.9 Å². The number of nitrogens with zero attached hydrogens (tertiary/aromatic N) is 4. The largest absolute Gasteiger partial charge is 0.460 e. The lowest BCUT2D eigenvalue weighted by Crippen LogP contribution is -2.42. The summed E-state index contributed by atoms with van der Waals surface area (Å²) in [5.74, 6) is -0.559. The molecule has 1 saturated heterocycles. The molecular weight excluding hydrogens is 529 g/mol. The second-order valence-electron chi connectivity index (χ2n) is 7.72. The second kappa shape index (κ2) is 10.0. The third-order valence-corrected chi connectivity index (χ3v) is 6.75. The topological polar surface area (TPSA) is 114 Å². The lowest BCUT2D eigenvalue weighted by molar-refractivity contribution is 0.0573. The molecule has 178 valence electrons. The van der Waals surface area contributed by atoms with Crippen LogP contribution in [0.5, 0.6) is 6.01 Å². The van der Waals surface area contributed by atoms with Gasteiger partial charge in [-0.25, -0.2) is 22.8 Å². The number of likely N-dealkylation sites (tertiary alicyclic amines) is 1. The summed E-state index contributed by atoms with van der Waals surface area (Å²) in [6, 6.07) is 10.5. The minimum Gasteiger partial charge on any atom is -0.460 e. The van der Waals surface area contributed by atoms with Crippen molar-refractivity contribution in [1.82, 2.24) is 19.9 Å². The Morgan fingerprint density at radius 2 is 1.94 bits per heavy atom. The van der Waals surface area contributed by atoms with E-state index in [1.54, 1.807) is 29.2 Å². The molecule has 1 amide bonds. The fourth-order valence-corrected chi connectivity index (χ4v) is 4.42. The van der Waals surface area contributed by atoms with E-state index in [4.69, 9.17) is 4.74 Å². The van der Waals surface area contributed by atoms with Gasteiger partial charge in [0.15, 0.2) is 9.84 Å². The summed E-state index contributed by atoms with van der Waals surface area (Å²) in [7, 11) is -3.51. The van der Waals surface area contributed by atoms with Gasteiger partial charge < -0.3 is 15.0 Å². The molecule has 0 bridgehead atoms. The molecule has 3 aromatic rings. The highest BCUT2D eigenvalue weighted by Crippen LogP contribution is 2.24. The summed E-state index contributed by atoms with van der Waals surface area (Å²) in [5.41, 5.74) is 0.456. The van der Waals surface area contributed by atoms with Crippen molar-refractivity contribution in [3.63, 3.8) is 0 Å². The molecule has 2 aromatic heterocycles. The highest BCUT2D eigenvalue weighted by molar-refractivity contribution is 9.10. The number of pyridine rings is 1. The van der Waals surface area contributed by atoms with Crippen molar-refractivity contribution < 1.29 is 22.3 Å². The number of hydrogen-bond donors (Lipinski definition) is 1. The van der Waals surface area contributed by atoms with Crippen LogP contribution in [0.25, 0.3) is 0 Å². The Kier molecular flexibility index (Phi) is 7.08. The second-order valence-corrected chi connectivity index (χ2v) is 10.5. The average molecular weight is 550 g/mol. The van der Waals surface area contributed by atoms with Crippen LogP contribution in [0.15, 0.2) is 58.2 Å². The third-order valence-electron chi connectivity index (χ3n) is 5.20. The molecule has 12 heteroatoms. The molecule has 1 aromatic carbocycles. The number of carbonyl (C=O) groups excluding carboxylic acids is 1. The first-order valence-corrected chi connectivity index (χ1v) is 13.1. The molecule has 3 heterocycles. The SMILES string of the molecule is CS(=O)(=O)c1ccc(Nc2ccnc(OC3CCN(C(=O)c4cccc(Br)n4)CC3)n2)c(F)c1. The number of rotatable bonds is 6. The molecule has 9 nitrogen and oxygen atoms in total. The standard InChI is InChI=1S/C22H21BrFN5O4S/c1-34(31,32)15-5-6-17(16(24)13-15)27-20-7-10-25-22(28-20)33-14-8-11-29(12-9-14)21(30)18-3-2-4-19(23)26-18/h2-7,10,13-14H,8-9,11-12H2,1H3,(H,25,27,28). The number of aromatic nitrogens is 3. The van der Waals surface area contributed by atoms with E-state index in [-0.39, 0.29) is 28.6 Å². The van der Waals surface area contributed by atoms with Gasteiger partial charge in [-0.15, -0.1) is 0 Å². The molecule has 4 rings (SSSR count). The molecule has 1 N–H and O–H groups in total. The monoisotopic (exact) mass is 549 g/mol. The molecular formula is C22H21BrFN5O4S. The van der Waals surface area contributed by atoms with Crippen LogP contribution in [0, 0.1) is 5.82 Å². The Morgan fingerprint density at radius 3 is 2.62 bits per heavy atom. The predicted octanol–water partition coefficient (Wildman–Crippen LogP) is 3.60. The quantitative estimate of drug-likeness (QED) is 0.464. The highest BCUT2D eigenvalue weighted by Gasteiger charge is 2.26. The Labute approximate surface area is 204 Å². The van der Waals surface area contributed by atoms with E-state index in [2.05, 4.69) is 36.2 Å². The first-order valence-electron chi connectivity index (χ1n) is 10.4.